The minimum absolute atomic E-state index is 0.247. The van der Waals surface area contributed by atoms with Crippen molar-refractivity contribution in [2.75, 3.05) is 26.7 Å². The Kier molecular flexibility index (Phi) is 4.32. The fraction of sp³-hybridized carbons (Fsp3) is 0.625. The lowest BCUT2D eigenvalue weighted by molar-refractivity contribution is 0.175. The van der Waals surface area contributed by atoms with Crippen LogP contribution in [-0.4, -0.2) is 48.6 Å². The van der Waals surface area contributed by atoms with Crippen LogP contribution in [-0.2, 0) is 0 Å². The first-order valence-electron chi connectivity index (χ1n) is 7.61. The first kappa shape index (κ1) is 14.3. The molecule has 2 heterocycles. The Balaban J connectivity index is 1.82. The number of nitrogens with two attached hydrogens (primary N) is 1. The molecular formula is C16H24ClN3. The Hall–Kier alpha value is -0.610. The highest BCUT2D eigenvalue weighted by atomic mass is 35.5. The van der Waals surface area contributed by atoms with Gasteiger partial charge in [0.05, 0.1) is 0 Å². The van der Waals surface area contributed by atoms with Crippen LogP contribution in [0.3, 0.4) is 0 Å². The van der Waals surface area contributed by atoms with Gasteiger partial charge in [-0.3, -0.25) is 9.80 Å². The van der Waals surface area contributed by atoms with Gasteiger partial charge in [0.2, 0.25) is 0 Å². The molecule has 4 heteroatoms. The Morgan fingerprint density at radius 1 is 1.25 bits per heavy atom. The summed E-state index contributed by atoms with van der Waals surface area (Å²) in [5, 5.41) is 0.839. The third-order valence-corrected chi connectivity index (χ3v) is 5.45. The fourth-order valence-corrected chi connectivity index (χ4v) is 4.10. The first-order chi connectivity index (χ1) is 9.70. The second-order valence-electron chi connectivity index (χ2n) is 6.11. The third-order valence-electron chi connectivity index (χ3n) is 5.11. The van der Waals surface area contributed by atoms with Gasteiger partial charge < -0.3 is 5.73 Å². The molecule has 0 spiro atoms. The van der Waals surface area contributed by atoms with Crippen LogP contribution in [0.1, 0.15) is 30.9 Å². The summed E-state index contributed by atoms with van der Waals surface area (Å²) in [5.41, 5.74) is 7.25. The van der Waals surface area contributed by atoms with Crippen molar-refractivity contribution < 1.29 is 0 Å². The SMILES string of the molecule is CN1C2CCC1CN(C(CN)c1ccccc1Cl)CC2. The normalized spacial score (nSPS) is 29.4. The number of rotatable bonds is 3. The molecule has 3 atom stereocenters. The molecule has 3 nitrogen and oxygen atoms in total. The number of likely N-dealkylation sites (N-methyl/N-ethyl adjacent to an activating group) is 1. The lowest BCUT2D eigenvalue weighted by Crippen LogP contribution is -2.40. The van der Waals surface area contributed by atoms with E-state index in [1.165, 1.54) is 24.8 Å². The summed E-state index contributed by atoms with van der Waals surface area (Å²) in [5.74, 6) is 0. The summed E-state index contributed by atoms with van der Waals surface area (Å²) in [6.45, 7) is 2.86. The molecule has 20 heavy (non-hydrogen) atoms. The van der Waals surface area contributed by atoms with Crippen LogP contribution in [0.4, 0.5) is 0 Å². The van der Waals surface area contributed by atoms with E-state index in [0.29, 0.717) is 12.6 Å². The summed E-state index contributed by atoms with van der Waals surface area (Å²) in [7, 11) is 2.28. The van der Waals surface area contributed by atoms with E-state index >= 15 is 0 Å². The molecule has 0 radical (unpaired) electrons. The van der Waals surface area contributed by atoms with Crippen LogP contribution in [0.15, 0.2) is 24.3 Å². The van der Waals surface area contributed by atoms with Gasteiger partial charge in [-0.2, -0.15) is 0 Å². The van der Waals surface area contributed by atoms with E-state index in [1.54, 1.807) is 0 Å². The van der Waals surface area contributed by atoms with Crippen molar-refractivity contribution in [2.24, 2.45) is 5.73 Å². The largest absolute Gasteiger partial charge is 0.329 e. The maximum Gasteiger partial charge on any atom is 0.0485 e. The molecule has 2 aliphatic rings. The first-order valence-corrected chi connectivity index (χ1v) is 7.99. The number of benzene rings is 1. The number of halogens is 1. The van der Waals surface area contributed by atoms with Gasteiger partial charge in [-0.05, 0) is 37.9 Å². The summed E-state index contributed by atoms with van der Waals surface area (Å²) in [4.78, 5) is 5.11. The standard InChI is InChI=1S/C16H24ClN3/c1-19-12-6-7-13(19)11-20(9-8-12)16(10-18)14-4-2-3-5-15(14)17/h2-5,12-13,16H,6-11,18H2,1H3. The van der Waals surface area contributed by atoms with Gasteiger partial charge in [0.15, 0.2) is 0 Å². The van der Waals surface area contributed by atoms with Crippen molar-refractivity contribution in [2.45, 2.75) is 37.4 Å². The molecule has 110 valence electrons. The van der Waals surface area contributed by atoms with Crippen LogP contribution in [0.5, 0.6) is 0 Å². The van der Waals surface area contributed by atoms with Crippen molar-refractivity contribution in [3.05, 3.63) is 34.9 Å². The molecule has 2 saturated heterocycles. The van der Waals surface area contributed by atoms with E-state index in [-0.39, 0.29) is 6.04 Å². The van der Waals surface area contributed by atoms with E-state index in [2.05, 4.69) is 29.0 Å². The van der Waals surface area contributed by atoms with E-state index in [1.807, 2.05) is 12.1 Å². The molecule has 2 fully saturated rings. The van der Waals surface area contributed by atoms with Crippen LogP contribution in [0.2, 0.25) is 5.02 Å². The summed E-state index contributed by atoms with van der Waals surface area (Å²) < 4.78 is 0. The highest BCUT2D eigenvalue weighted by Gasteiger charge is 2.36. The van der Waals surface area contributed by atoms with Gasteiger partial charge in [-0.15, -0.1) is 0 Å². The molecule has 3 rings (SSSR count). The molecule has 2 N–H and O–H groups in total. The Bertz CT molecular complexity index is 465. The second-order valence-corrected chi connectivity index (χ2v) is 6.51. The zero-order valence-electron chi connectivity index (χ0n) is 12.1. The van der Waals surface area contributed by atoms with E-state index < -0.39 is 0 Å². The Morgan fingerprint density at radius 2 is 2.00 bits per heavy atom. The van der Waals surface area contributed by atoms with E-state index in [0.717, 1.165) is 24.2 Å². The van der Waals surface area contributed by atoms with E-state index in [4.69, 9.17) is 17.3 Å². The lowest BCUT2D eigenvalue weighted by atomic mass is 10.0. The maximum atomic E-state index is 6.37. The van der Waals surface area contributed by atoms with Crippen LogP contribution in [0.25, 0.3) is 0 Å². The summed E-state index contributed by atoms with van der Waals surface area (Å²) in [6.07, 6.45) is 3.92. The average Bonchev–Trinajstić information content (AvgIpc) is 2.68. The third kappa shape index (κ3) is 2.60. The number of hydrogen-bond donors (Lipinski definition) is 1. The summed E-state index contributed by atoms with van der Waals surface area (Å²) >= 11 is 6.37. The molecule has 0 aliphatic carbocycles. The van der Waals surface area contributed by atoms with Crippen LogP contribution < -0.4 is 5.73 Å². The van der Waals surface area contributed by atoms with Gasteiger partial charge in [-0.1, -0.05) is 29.8 Å². The Labute approximate surface area is 126 Å². The molecule has 0 aromatic heterocycles. The predicted molar refractivity (Wildman–Crippen MR) is 84.0 cm³/mol. The predicted octanol–water partition coefficient (Wildman–Crippen LogP) is 2.51. The van der Waals surface area contributed by atoms with Gasteiger partial charge >= 0.3 is 0 Å². The van der Waals surface area contributed by atoms with Crippen molar-refractivity contribution in [3.8, 4) is 0 Å². The minimum atomic E-state index is 0.247. The minimum Gasteiger partial charge on any atom is -0.329 e. The van der Waals surface area contributed by atoms with Crippen molar-refractivity contribution in [1.82, 2.24) is 9.80 Å². The zero-order valence-corrected chi connectivity index (χ0v) is 12.9. The van der Waals surface area contributed by atoms with Gasteiger partial charge in [-0.25, -0.2) is 0 Å². The quantitative estimate of drug-likeness (QED) is 0.929. The van der Waals surface area contributed by atoms with Crippen molar-refractivity contribution >= 4 is 11.6 Å². The van der Waals surface area contributed by atoms with Crippen molar-refractivity contribution in [1.29, 1.82) is 0 Å². The number of likely N-dealkylation sites (tertiary alicyclic amines) is 1. The van der Waals surface area contributed by atoms with Crippen LogP contribution >= 0.6 is 11.6 Å². The smallest absolute Gasteiger partial charge is 0.0485 e. The molecule has 2 aliphatic heterocycles. The topological polar surface area (TPSA) is 32.5 Å². The number of nitrogens with zero attached hydrogens (tertiary/aromatic N) is 2. The van der Waals surface area contributed by atoms with Gasteiger partial charge in [0, 0.05) is 42.8 Å². The van der Waals surface area contributed by atoms with Crippen LogP contribution in [0, 0.1) is 0 Å². The van der Waals surface area contributed by atoms with Gasteiger partial charge in [0.25, 0.3) is 0 Å². The molecule has 0 amide bonds. The summed E-state index contributed by atoms with van der Waals surface area (Å²) in [6, 6.07) is 9.81. The monoisotopic (exact) mass is 293 g/mol. The highest BCUT2D eigenvalue weighted by molar-refractivity contribution is 6.31. The molecule has 1 aromatic carbocycles. The zero-order chi connectivity index (χ0) is 14.1. The Morgan fingerprint density at radius 3 is 2.75 bits per heavy atom. The number of fused-ring (bicyclic) bond motifs is 2. The van der Waals surface area contributed by atoms with E-state index in [9.17, 15) is 0 Å². The molecule has 2 bridgehead atoms. The molecule has 0 saturated carbocycles. The molecule has 3 unspecified atom stereocenters. The lowest BCUT2D eigenvalue weighted by Gasteiger charge is -2.33. The van der Waals surface area contributed by atoms with Crippen molar-refractivity contribution in [3.63, 3.8) is 0 Å². The highest BCUT2D eigenvalue weighted by Crippen LogP contribution is 2.33. The molecule has 1 aromatic rings. The average molecular weight is 294 g/mol. The maximum absolute atomic E-state index is 6.37. The van der Waals surface area contributed by atoms with Gasteiger partial charge in [0.1, 0.15) is 0 Å². The fourth-order valence-electron chi connectivity index (χ4n) is 3.84. The number of hydrogen-bond acceptors (Lipinski definition) is 3. The molecular weight excluding hydrogens is 270 g/mol. The second kappa shape index (κ2) is 6.02.